The Morgan fingerprint density at radius 2 is 2.00 bits per heavy atom. The predicted octanol–water partition coefficient (Wildman–Crippen LogP) is 3.91. The molecule has 0 aliphatic carbocycles. The standard InChI is InChI=1S/C16H17F3N2/c1-2-12-10-21-7-6-14(12)15(20)9-11-4-3-5-13(8-11)16(17,18)19/h3-8,10,15H,2,9,20H2,1H3. The van der Waals surface area contributed by atoms with Gasteiger partial charge in [-0.25, -0.2) is 0 Å². The Kier molecular flexibility index (Phi) is 4.63. The quantitative estimate of drug-likeness (QED) is 0.928. The number of benzene rings is 1. The van der Waals surface area contributed by atoms with Crippen LogP contribution in [0.3, 0.4) is 0 Å². The highest BCUT2D eigenvalue weighted by atomic mass is 19.4. The normalized spacial score (nSPS) is 13.2. The van der Waals surface area contributed by atoms with Crippen LogP contribution in [-0.2, 0) is 19.0 Å². The number of halogens is 3. The van der Waals surface area contributed by atoms with Crippen molar-refractivity contribution in [1.82, 2.24) is 4.98 Å². The predicted molar refractivity (Wildman–Crippen MR) is 75.7 cm³/mol. The molecule has 0 radical (unpaired) electrons. The van der Waals surface area contributed by atoms with Gasteiger partial charge in [-0.3, -0.25) is 4.98 Å². The van der Waals surface area contributed by atoms with Crippen LogP contribution in [0.5, 0.6) is 0 Å². The second-order valence-electron chi connectivity index (χ2n) is 4.94. The van der Waals surface area contributed by atoms with Crippen LogP contribution in [0.25, 0.3) is 0 Å². The van der Waals surface area contributed by atoms with Crippen LogP contribution in [0, 0.1) is 0 Å². The van der Waals surface area contributed by atoms with Crippen molar-refractivity contribution in [2.45, 2.75) is 32.0 Å². The molecule has 21 heavy (non-hydrogen) atoms. The van der Waals surface area contributed by atoms with Crippen molar-refractivity contribution in [3.63, 3.8) is 0 Å². The van der Waals surface area contributed by atoms with E-state index in [1.807, 2.05) is 13.0 Å². The molecule has 0 aliphatic rings. The van der Waals surface area contributed by atoms with Gasteiger partial charge < -0.3 is 5.73 Å². The summed E-state index contributed by atoms with van der Waals surface area (Å²) in [6, 6.07) is 6.80. The van der Waals surface area contributed by atoms with Gasteiger partial charge in [0.25, 0.3) is 0 Å². The summed E-state index contributed by atoms with van der Waals surface area (Å²) in [5.41, 5.74) is 8.05. The fourth-order valence-electron chi connectivity index (χ4n) is 2.33. The molecule has 112 valence electrons. The Balaban J connectivity index is 2.22. The highest BCUT2D eigenvalue weighted by Gasteiger charge is 2.30. The average Bonchev–Trinajstić information content (AvgIpc) is 2.46. The minimum atomic E-state index is -4.33. The maximum absolute atomic E-state index is 12.7. The summed E-state index contributed by atoms with van der Waals surface area (Å²) in [4.78, 5) is 4.05. The lowest BCUT2D eigenvalue weighted by Crippen LogP contribution is -2.16. The summed E-state index contributed by atoms with van der Waals surface area (Å²) in [6.07, 6.45) is 0.230. The summed E-state index contributed by atoms with van der Waals surface area (Å²) < 4.78 is 38.1. The van der Waals surface area contributed by atoms with Crippen molar-refractivity contribution in [2.75, 3.05) is 0 Å². The third kappa shape index (κ3) is 3.82. The van der Waals surface area contributed by atoms with Crippen molar-refractivity contribution in [1.29, 1.82) is 0 Å². The first-order valence-corrected chi connectivity index (χ1v) is 6.76. The molecule has 2 N–H and O–H groups in total. The zero-order valence-corrected chi connectivity index (χ0v) is 11.7. The summed E-state index contributed by atoms with van der Waals surface area (Å²) >= 11 is 0. The van der Waals surface area contributed by atoms with Crippen molar-refractivity contribution in [3.8, 4) is 0 Å². The molecule has 1 aromatic heterocycles. The van der Waals surface area contributed by atoms with Crippen molar-refractivity contribution < 1.29 is 13.2 Å². The van der Waals surface area contributed by atoms with Gasteiger partial charge in [0.15, 0.2) is 0 Å². The molecule has 1 atom stereocenters. The molecule has 2 rings (SSSR count). The topological polar surface area (TPSA) is 38.9 Å². The maximum atomic E-state index is 12.7. The Hall–Kier alpha value is -1.88. The third-order valence-corrected chi connectivity index (χ3v) is 3.43. The lowest BCUT2D eigenvalue weighted by molar-refractivity contribution is -0.137. The van der Waals surface area contributed by atoms with Gasteiger partial charge in [-0.15, -0.1) is 0 Å². The van der Waals surface area contributed by atoms with Crippen molar-refractivity contribution >= 4 is 0 Å². The van der Waals surface area contributed by atoms with Crippen LogP contribution in [0.1, 0.15) is 35.2 Å². The van der Waals surface area contributed by atoms with Gasteiger partial charge in [0.2, 0.25) is 0 Å². The minimum Gasteiger partial charge on any atom is -0.324 e. The van der Waals surface area contributed by atoms with E-state index in [0.29, 0.717) is 12.0 Å². The Morgan fingerprint density at radius 3 is 2.67 bits per heavy atom. The van der Waals surface area contributed by atoms with Gasteiger partial charge in [-0.05, 0) is 41.7 Å². The average molecular weight is 294 g/mol. The molecule has 0 saturated heterocycles. The number of rotatable bonds is 4. The van der Waals surface area contributed by atoms with Gasteiger partial charge in [0.1, 0.15) is 0 Å². The summed E-state index contributed by atoms with van der Waals surface area (Å²) in [7, 11) is 0. The number of alkyl halides is 3. The molecule has 0 saturated carbocycles. The first-order chi connectivity index (χ1) is 9.91. The summed E-state index contributed by atoms with van der Waals surface area (Å²) in [6.45, 7) is 2.00. The largest absolute Gasteiger partial charge is 0.416 e. The first kappa shape index (κ1) is 15.5. The molecular formula is C16H17F3N2. The van der Waals surface area contributed by atoms with Crippen LogP contribution in [0.15, 0.2) is 42.7 Å². The van der Waals surface area contributed by atoms with E-state index in [2.05, 4.69) is 4.98 Å². The third-order valence-electron chi connectivity index (χ3n) is 3.43. The number of aryl methyl sites for hydroxylation is 1. The van der Waals surface area contributed by atoms with Crippen LogP contribution in [0.2, 0.25) is 0 Å². The highest BCUT2D eigenvalue weighted by Crippen LogP contribution is 2.30. The van der Waals surface area contributed by atoms with Gasteiger partial charge >= 0.3 is 6.18 Å². The Labute approximate surface area is 121 Å². The van der Waals surface area contributed by atoms with Crippen molar-refractivity contribution in [2.24, 2.45) is 5.73 Å². The molecule has 2 nitrogen and oxygen atoms in total. The SMILES string of the molecule is CCc1cnccc1C(N)Cc1cccc(C(F)(F)F)c1. The molecular weight excluding hydrogens is 277 g/mol. The van der Waals surface area contributed by atoms with Gasteiger partial charge in [-0.1, -0.05) is 25.1 Å². The van der Waals surface area contributed by atoms with E-state index in [1.54, 1.807) is 18.5 Å². The molecule has 2 aromatic rings. The van der Waals surface area contributed by atoms with Crippen LogP contribution in [-0.4, -0.2) is 4.98 Å². The summed E-state index contributed by atoms with van der Waals surface area (Å²) in [5.74, 6) is 0. The number of pyridine rings is 1. The molecule has 5 heteroatoms. The fraction of sp³-hybridized carbons (Fsp3) is 0.312. The monoisotopic (exact) mass is 294 g/mol. The van der Waals surface area contributed by atoms with E-state index in [0.717, 1.165) is 29.7 Å². The fourth-order valence-corrected chi connectivity index (χ4v) is 2.33. The molecule has 0 spiro atoms. The van der Waals surface area contributed by atoms with E-state index in [1.165, 1.54) is 6.07 Å². The number of nitrogens with zero attached hydrogens (tertiary/aromatic N) is 1. The lowest BCUT2D eigenvalue weighted by Gasteiger charge is -2.16. The molecule has 1 aromatic carbocycles. The zero-order chi connectivity index (χ0) is 15.5. The molecule has 0 aliphatic heterocycles. The van der Waals surface area contributed by atoms with Crippen LogP contribution >= 0.6 is 0 Å². The number of aromatic nitrogens is 1. The number of hydrogen-bond donors (Lipinski definition) is 1. The first-order valence-electron chi connectivity index (χ1n) is 6.76. The number of nitrogens with two attached hydrogens (primary N) is 1. The van der Waals surface area contributed by atoms with E-state index in [4.69, 9.17) is 5.73 Å². The lowest BCUT2D eigenvalue weighted by atomic mass is 9.95. The Bertz CT molecular complexity index is 608. The minimum absolute atomic E-state index is 0.341. The zero-order valence-electron chi connectivity index (χ0n) is 11.7. The van der Waals surface area contributed by atoms with Gasteiger partial charge in [0, 0.05) is 18.4 Å². The Morgan fingerprint density at radius 1 is 1.24 bits per heavy atom. The molecule has 1 unspecified atom stereocenters. The molecule has 1 heterocycles. The highest BCUT2D eigenvalue weighted by molar-refractivity contribution is 5.31. The van der Waals surface area contributed by atoms with E-state index >= 15 is 0 Å². The maximum Gasteiger partial charge on any atom is 0.416 e. The molecule has 0 fully saturated rings. The summed E-state index contributed by atoms with van der Waals surface area (Å²) in [5, 5.41) is 0. The van der Waals surface area contributed by atoms with Crippen LogP contribution in [0.4, 0.5) is 13.2 Å². The van der Waals surface area contributed by atoms with E-state index < -0.39 is 11.7 Å². The second kappa shape index (κ2) is 6.26. The second-order valence-corrected chi connectivity index (χ2v) is 4.94. The molecule has 0 bridgehead atoms. The van der Waals surface area contributed by atoms with E-state index in [-0.39, 0.29) is 6.04 Å². The van der Waals surface area contributed by atoms with Crippen LogP contribution < -0.4 is 5.73 Å². The van der Waals surface area contributed by atoms with Crippen molar-refractivity contribution in [3.05, 3.63) is 65.0 Å². The van der Waals surface area contributed by atoms with Gasteiger partial charge in [0.05, 0.1) is 5.56 Å². The van der Waals surface area contributed by atoms with Gasteiger partial charge in [-0.2, -0.15) is 13.2 Å². The molecule has 0 amide bonds. The van der Waals surface area contributed by atoms with E-state index in [9.17, 15) is 13.2 Å². The smallest absolute Gasteiger partial charge is 0.324 e. The number of hydrogen-bond acceptors (Lipinski definition) is 2.